The third-order valence-corrected chi connectivity index (χ3v) is 2.79. The van der Waals surface area contributed by atoms with Crippen LogP contribution in [0.3, 0.4) is 0 Å². The van der Waals surface area contributed by atoms with Crippen molar-refractivity contribution in [2.45, 2.75) is 33.1 Å². The zero-order chi connectivity index (χ0) is 10.8. The first-order chi connectivity index (χ1) is 6.41. The SMILES string of the molecule is CN(C)CC(=O)C1=CCC(C)(C)CC1. The fourth-order valence-corrected chi connectivity index (χ4v) is 1.72. The Labute approximate surface area is 87.0 Å². The van der Waals surface area contributed by atoms with Crippen LogP contribution in [0, 0.1) is 5.41 Å². The minimum absolute atomic E-state index is 0.297. The number of allylic oxidation sites excluding steroid dienone is 1. The van der Waals surface area contributed by atoms with E-state index in [0.29, 0.717) is 17.7 Å². The van der Waals surface area contributed by atoms with Crippen molar-refractivity contribution < 1.29 is 4.79 Å². The number of ketones is 1. The van der Waals surface area contributed by atoms with Gasteiger partial charge in [0.1, 0.15) is 0 Å². The first-order valence-electron chi connectivity index (χ1n) is 5.28. The Hall–Kier alpha value is -0.630. The molecule has 0 heterocycles. The summed E-state index contributed by atoms with van der Waals surface area (Å²) in [5.74, 6) is 0.297. The molecule has 2 nitrogen and oxygen atoms in total. The molecule has 14 heavy (non-hydrogen) atoms. The summed E-state index contributed by atoms with van der Waals surface area (Å²) in [4.78, 5) is 13.6. The van der Waals surface area contributed by atoms with Gasteiger partial charge < -0.3 is 4.90 Å². The van der Waals surface area contributed by atoms with Crippen LogP contribution in [0.25, 0.3) is 0 Å². The van der Waals surface area contributed by atoms with Crippen LogP contribution >= 0.6 is 0 Å². The van der Waals surface area contributed by atoms with Crippen molar-refractivity contribution in [1.82, 2.24) is 4.90 Å². The van der Waals surface area contributed by atoms with E-state index < -0.39 is 0 Å². The van der Waals surface area contributed by atoms with E-state index in [1.54, 1.807) is 0 Å². The molecule has 0 radical (unpaired) electrons. The minimum Gasteiger partial charge on any atom is -0.302 e. The van der Waals surface area contributed by atoms with Crippen LogP contribution in [-0.4, -0.2) is 31.3 Å². The molecule has 0 aromatic rings. The van der Waals surface area contributed by atoms with Crippen LogP contribution in [0.4, 0.5) is 0 Å². The molecule has 0 N–H and O–H groups in total. The van der Waals surface area contributed by atoms with Crippen LogP contribution in [0.2, 0.25) is 0 Å². The van der Waals surface area contributed by atoms with E-state index in [4.69, 9.17) is 0 Å². The summed E-state index contributed by atoms with van der Waals surface area (Å²) < 4.78 is 0. The first-order valence-corrected chi connectivity index (χ1v) is 5.28. The molecule has 0 unspecified atom stereocenters. The zero-order valence-corrected chi connectivity index (χ0v) is 9.76. The number of hydrogen-bond donors (Lipinski definition) is 0. The molecule has 80 valence electrons. The van der Waals surface area contributed by atoms with Gasteiger partial charge in [0, 0.05) is 0 Å². The smallest absolute Gasteiger partial charge is 0.172 e. The highest BCUT2D eigenvalue weighted by atomic mass is 16.1. The van der Waals surface area contributed by atoms with E-state index in [9.17, 15) is 4.79 Å². The Morgan fingerprint density at radius 2 is 2.14 bits per heavy atom. The van der Waals surface area contributed by atoms with Gasteiger partial charge in [0.15, 0.2) is 5.78 Å². The molecule has 0 spiro atoms. The lowest BCUT2D eigenvalue weighted by molar-refractivity contribution is -0.116. The van der Waals surface area contributed by atoms with Gasteiger partial charge in [-0.25, -0.2) is 0 Å². The van der Waals surface area contributed by atoms with Gasteiger partial charge in [-0.2, -0.15) is 0 Å². The molecule has 0 saturated heterocycles. The van der Waals surface area contributed by atoms with Crippen molar-refractivity contribution in [3.8, 4) is 0 Å². The number of carbonyl (C=O) groups excluding carboxylic acids is 1. The molecule has 0 bridgehead atoms. The van der Waals surface area contributed by atoms with E-state index in [2.05, 4.69) is 19.9 Å². The van der Waals surface area contributed by atoms with Crippen molar-refractivity contribution in [3.63, 3.8) is 0 Å². The van der Waals surface area contributed by atoms with E-state index in [1.165, 1.54) is 0 Å². The highest BCUT2D eigenvalue weighted by Crippen LogP contribution is 2.34. The number of carbonyl (C=O) groups is 1. The topological polar surface area (TPSA) is 20.3 Å². The Kier molecular flexibility index (Phi) is 3.48. The molecule has 0 aliphatic heterocycles. The summed E-state index contributed by atoms with van der Waals surface area (Å²) in [6, 6.07) is 0. The zero-order valence-electron chi connectivity index (χ0n) is 9.76. The molecule has 0 fully saturated rings. The molecular weight excluding hydrogens is 174 g/mol. The van der Waals surface area contributed by atoms with Crippen molar-refractivity contribution in [3.05, 3.63) is 11.6 Å². The number of hydrogen-bond acceptors (Lipinski definition) is 2. The van der Waals surface area contributed by atoms with Crippen LogP contribution in [0.1, 0.15) is 33.1 Å². The predicted octanol–water partition coefficient (Wildman–Crippen LogP) is 2.25. The van der Waals surface area contributed by atoms with Gasteiger partial charge in [-0.1, -0.05) is 19.9 Å². The summed E-state index contributed by atoms with van der Waals surface area (Å²) in [5.41, 5.74) is 1.43. The van der Waals surface area contributed by atoms with Gasteiger partial charge in [0.05, 0.1) is 6.54 Å². The van der Waals surface area contributed by atoms with Crippen LogP contribution in [-0.2, 0) is 4.79 Å². The van der Waals surface area contributed by atoms with Crippen LogP contribution in [0.15, 0.2) is 11.6 Å². The minimum atomic E-state index is 0.297. The fraction of sp³-hybridized carbons (Fsp3) is 0.750. The molecule has 1 rings (SSSR count). The number of nitrogens with zero attached hydrogens (tertiary/aromatic N) is 1. The summed E-state index contributed by atoms with van der Waals surface area (Å²) in [5, 5.41) is 0. The Morgan fingerprint density at radius 3 is 2.57 bits per heavy atom. The first kappa shape index (κ1) is 11.4. The maximum absolute atomic E-state index is 11.7. The predicted molar refractivity (Wildman–Crippen MR) is 59.3 cm³/mol. The van der Waals surface area contributed by atoms with Gasteiger partial charge in [-0.15, -0.1) is 0 Å². The van der Waals surface area contributed by atoms with Crippen molar-refractivity contribution in [1.29, 1.82) is 0 Å². The van der Waals surface area contributed by atoms with Gasteiger partial charge in [0.25, 0.3) is 0 Å². The molecule has 0 aromatic heterocycles. The molecule has 1 aliphatic rings. The molecule has 0 amide bonds. The molecule has 0 aromatic carbocycles. The molecule has 1 aliphatic carbocycles. The van der Waals surface area contributed by atoms with E-state index in [1.807, 2.05) is 19.0 Å². The van der Waals surface area contributed by atoms with E-state index in [0.717, 1.165) is 24.8 Å². The summed E-state index contributed by atoms with van der Waals surface area (Å²) >= 11 is 0. The number of likely N-dealkylation sites (N-methyl/N-ethyl adjacent to an activating group) is 1. The highest BCUT2D eigenvalue weighted by molar-refractivity contribution is 5.96. The normalized spacial score (nSPS) is 20.8. The van der Waals surface area contributed by atoms with E-state index >= 15 is 0 Å². The molecular formula is C12H21NO. The average molecular weight is 195 g/mol. The summed E-state index contributed by atoms with van der Waals surface area (Å²) in [6.07, 6.45) is 5.27. The van der Waals surface area contributed by atoms with Gasteiger partial charge in [0.2, 0.25) is 0 Å². The maximum atomic E-state index is 11.7. The largest absolute Gasteiger partial charge is 0.302 e. The third-order valence-electron chi connectivity index (χ3n) is 2.79. The van der Waals surface area contributed by atoms with Crippen molar-refractivity contribution >= 4 is 5.78 Å². The third kappa shape index (κ3) is 3.26. The van der Waals surface area contributed by atoms with E-state index in [-0.39, 0.29) is 0 Å². The number of rotatable bonds is 3. The van der Waals surface area contributed by atoms with Gasteiger partial charge in [-0.05, 0) is 44.3 Å². The van der Waals surface area contributed by atoms with Crippen molar-refractivity contribution in [2.24, 2.45) is 5.41 Å². The molecule has 0 saturated carbocycles. The lowest BCUT2D eigenvalue weighted by Gasteiger charge is -2.28. The van der Waals surface area contributed by atoms with Crippen LogP contribution in [0.5, 0.6) is 0 Å². The van der Waals surface area contributed by atoms with Crippen molar-refractivity contribution in [2.75, 3.05) is 20.6 Å². The average Bonchev–Trinajstić information content (AvgIpc) is 2.02. The summed E-state index contributed by atoms with van der Waals surface area (Å²) in [7, 11) is 3.87. The van der Waals surface area contributed by atoms with Gasteiger partial charge in [-0.3, -0.25) is 4.79 Å². The highest BCUT2D eigenvalue weighted by Gasteiger charge is 2.23. The maximum Gasteiger partial charge on any atom is 0.172 e. The second-order valence-corrected chi connectivity index (χ2v) is 5.26. The monoisotopic (exact) mass is 195 g/mol. The Balaban J connectivity index is 2.55. The fourth-order valence-electron chi connectivity index (χ4n) is 1.72. The standard InChI is InChI=1S/C12H21NO/c1-12(2)7-5-10(6-8-12)11(14)9-13(3)4/h5H,6-9H2,1-4H3. The Morgan fingerprint density at radius 1 is 1.50 bits per heavy atom. The van der Waals surface area contributed by atoms with Crippen LogP contribution < -0.4 is 0 Å². The van der Waals surface area contributed by atoms with Gasteiger partial charge >= 0.3 is 0 Å². The second kappa shape index (κ2) is 4.26. The lowest BCUT2D eigenvalue weighted by Crippen LogP contribution is -2.25. The Bertz CT molecular complexity index is 251. The number of Topliss-reactive ketones (excluding diaryl/α,β-unsaturated/α-hetero) is 1. The summed E-state index contributed by atoms with van der Waals surface area (Å²) in [6.45, 7) is 5.07. The molecule has 2 heteroatoms. The second-order valence-electron chi connectivity index (χ2n) is 5.26. The quantitative estimate of drug-likeness (QED) is 0.688. The molecule has 0 atom stereocenters. The lowest BCUT2D eigenvalue weighted by atomic mass is 9.77.